The molecular weight excluding hydrogens is 429 g/mol. The highest BCUT2D eigenvalue weighted by Crippen LogP contribution is 2.45. The second kappa shape index (κ2) is 10.1. The lowest BCUT2D eigenvalue weighted by atomic mass is 10.2. The van der Waals surface area contributed by atoms with Crippen LogP contribution in [-0.4, -0.2) is 41.4 Å². The first-order chi connectivity index (χ1) is 14.8. The average molecular weight is 453 g/mol. The Bertz CT molecular complexity index is 1050. The van der Waals surface area contributed by atoms with Crippen molar-refractivity contribution in [2.45, 2.75) is 38.1 Å². The monoisotopic (exact) mass is 453 g/mol. The molecule has 4 atom stereocenters. The summed E-state index contributed by atoms with van der Waals surface area (Å²) in [7, 11) is -2.75. The number of aromatic amines is 1. The third kappa shape index (κ3) is 6.14. The molecule has 2 N–H and O–H groups in total. The maximum Gasteiger partial charge on any atom is 0.459 e. The summed E-state index contributed by atoms with van der Waals surface area (Å²) in [4.78, 5) is 37.1. The smallest absolute Gasteiger partial charge is 0.459 e. The lowest BCUT2D eigenvalue weighted by molar-refractivity contribution is -0.142. The van der Waals surface area contributed by atoms with E-state index >= 15 is 0 Å². The Morgan fingerprint density at radius 1 is 1.29 bits per heavy atom. The van der Waals surface area contributed by atoms with Crippen molar-refractivity contribution in [1.82, 2.24) is 14.6 Å². The molecule has 0 saturated carbocycles. The molecular formula is C19H24N3O8P. The van der Waals surface area contributed by atoms with Crippen LogP contribution in [0, 0.1) is 0 Å². The Morgan fingerprint density at radius 2 is 2.03 bits per heavy atom. The average Bonchev–Trinajstić information content (AvgIpc) is 3.21. The second-order valence-corrected chi connectivity index (χ2v) is 8.57. The van der Waals surface area contributed by atoms with Crippen LogP contribution in [0.15, 0.2) is 52.2 Å². The van der Waals surface area contributed by atoms with Crippen LogP contribution in [0.2, 0.25) is 0 Å². The van der Waals surface area contributed by atoms with E-state index < -0.39 is 43.3 Å². The molecule has 1 aromatic heterocycles. The van der Waals surface area contributed by atoms with Crippen molar-refractivity contribution < 1.29 is 27.9 Å². The maximum absolute atomic E-state index is 13.3. The van der Waals surface area contributed by atoms with Crippen molar-refractivity contribution in [3.05, 3.63) is 63.4 Å². The van der Waals surface area contributed by atoms with Gasteiger partial charge in [-0.2, -0.15) is 5.09 Å². The third-order valence-electron chi connectivity index (χ3n) is 4.55. The summed E-state index contributed by atoms with van der Waals surface area (Å²) in [6.07, 6.45) is 1.31. The third-order valence-corrected chi connectivity index (χ3v) is 6.20. The second-order valence-electron chi connectivity index (χ2n) is 6.88. The van der Waals surface area contributed by atoms with E-state index in [1.165, 1.54) is 30.9 Å². The first-order valence-corrected chi connectivity index (χ1v) is 11.2. The molecule has 0 aliphatic carbocycles. The molecule has 2 aromatic rings. The van der Waals surface area contributed by atoms with Crippen LogP contribution >= 0.6 is 7.75 Å². The van der Waals surface area contributed by atoms with E-state index in [1.807, 2.05) is 0 Å². The van der Waals surface area contributed by atoms with Crippen molar-refractivity contribution in [3.63, 3.8) is 0 Å². The summed E-state index contributed by atoms with van der Waals surface area (Å²) in [6.45, 7) is 1.36. The molecule has 12 heteroatoms. The van der Waals surface area contributed by atoms with Crippen LogP contribution in [-0.2, 0) is 23.4 Å². The van der Waals surface area contributed by atoms with Crippen molar-refractivity contribution in [1.29, 1.82) is 0 Å². The number of para-hydroxylation sites is 1. The minimum atomic E-state index is -3.97. The number of ether oxygens (including phenoxy) is 2. The fraction of sp³-hybridized carbons (Fsp3) is 0.421. The van der Waals surface area contributed by atoms with Gasteiger partial charge in [-0.3, -0.25) is 23.7 Å². The molecule has 2 unspecified atom stereocenters. The summed E-state index contributed by atoms with van der Waals surface area (Å²) >= 11 is 0. The number of nitrogens with zero attached hydrogens (tertiary/aromatic N) is 1. The Hall–Kier alpha value is -2.72. The van der Waals surface area contributed by atoms with Gasteiger partial charge in [0.2, 0.25) is 0 Å². The van der Waals surface area contributed by atoms with Gasteiger partial charge in [0, 0.05) is 12.3 Å². The van der Waals surface area contributed by atoms with Gasteiger partial charge in [0.25, 0.3) is 5.56 Å². The molecule has 1 aliphatic heterocycles. The summed E-state index contributed by atoms with van der Waals surface area (Å²) in [5.41, 5.74) is -1.07. The van der Waals surface area contributed by atoms with Crippen LogP contribution in [0.1, 0.15) is 26.0 Å². The lowest BCUT2D eigenvalue weighted by Gasteiger charge is -2.24. The largest absolute Gasteiger partial charge is 0.468 e. The predicted octanol–water partition coefficient (Wildman–Crippen LogP) is 1.57. The number of carbonyl (C=O) groups excluding carboxylic acids is 1. The van der Waals surface area contributed by atoms with Crippen LogP contribution < -0.4 is 20.9 Å². The minimum Gasteiger partial charge on any atom is -0.468 e. The zero-order valence-electron chi connectivity index (χ0n) is 17.1. The predicted molar refractivity (Wildman–Crippen MR) is 110 cm³/mol. The molecule has 2 heterocycles. The zero-order valence-corrected chi connectivity index (χ0v) is 17.9. The molecule has 0 spiro atoms. The van der Waals surface area contributed by atoms with Crippen molar-refractivity contribution in [3.8, 4) is 5.75 Å². The number of carbonyl (C=O) groups is 1. The molecule has 3 rings (SSSR count). The first-order valence-electron chi connectivity index (χ1n) is 9.61. The molecule has 1 fully saturated rings. The highest BCUT2D eigenvalue weighted by molar-refractivity contribution is 7.52. The number of benzene rings is 1. The summed E-state index contributed by atoms with van der Waals surface area (Å²) in [5, 5.41) is 2.56. The van der Waals surface area contributed by atoms with E-state index in [-0.39, 0.29) is 6.61 Å². The molecule has 1 saturated heterocycles. The topological polar surface area (TPSA) is 138 Å². The Kier molecular flexibility index (Phi) is 7.45. The fourth-order valence-electron chi connectivity index (χ4n) is 3.03. The quantitative estimate of drug-likeness (QED) is 0.428. The molecule has 1 aromatic carbocycles. The highest BCUT2D eigenvalue weighted by Gasteiger charge is 2.35. The molecule has 0 radical (unpaired) electrons. The molecule has 31 heavy (non-hydrogen) atoms. The number of methoxy groups -OCH3 is 1. The van der Waals surface area contributed by atoms with Crippen LogP contribution in [0.4, 0.5) is 0 Å². The van der Waals surface area contributed by atoms with Crippen molar-refractivity contribution in [2.24, 2.45) is 0 Å². The molecule has 0 bridgehead atoms. The Labute approximate surface area is 177 Å². The van der Waals surface area contributed by atoms with Crippen molar-refractivity contribution in [2.75, 3.05) is 13.7 Å². The van der Waals surface area contributed by atoms with Gasteiger partial charge in [-0.1, -0.05) is 18.2 Å². The maximum atomic E-state index is 13.3. The van der Waals surface area contributed by atoms with Gasteiger partial charge in [-0.25, -0.2) is 9.36 Å². The Morgan fingerprint density at radius 3 is 2.71 bits per heavy atom. The number of hydrogen-bond acceptors (Lipinski definition) is 8. The minimum absolute atomic E-state index is 0.112. The summed E-state index contributed by atoms with van der Waals surface area (Å²) in [6, 6.07) is 8.67. The Balaban J connectivity index is 1.67. The highest BCUT2D eigenvalue weighted by atomic mass is 31.2. The van der Waals surface area contributed by atoms with E-state index in [9.17, 15) is 18.9 Å². The lowest BCUT2D eigenvalue weighted by Crippen LogP contribution is -2.35. The van der Waals surface area contributed by atoms with Gasteiger partial charge in [0.1, 0.15) is 18.0 Å². The van der Waals surface area contributed by atoms with E-state index in [0.717, 1.165) is 0 Å². The van der Waals surface area contributed by atoms with E-state index in [0.29, 0.717) is 18.6 Å². The summed E-state index contributed by atoms with van der Waals surface area (Å²) < 4.78 is 36.1. The molecule has 11 nitrogen and oxygen atoms in total. The SMILES string of the molecule is COC(=O)C(C)NP(=O)(OC[C@@H]1CC[C@H](n2ccc(=O)[nH]c2=O)O1)Oc1ccccc1. The normalized spacial score (nSPS) is 21.2. The van der Waals surface area contributed by atoms with Gasteiger partial charge in [-0.05, 0) is 31.9 Å². The number of esters is 1. The van der Waals surface area contributed by atoms with E-state index in [2.05, 4.69) is 14.8 Å². The van der Waals surface area contributed by atoms with Gasteiger partial charge >= 0.3 is 19.4 Å². The van der Waals surface area contributed by atoms with Crippen LogP contribution in [0.25, 0.3) is 0 Å². The summed E-state index contributed by atoms with van der Waals surface area (Å²) in [5.74, 6) is -0.337. The number of hydrogen-bond donors (Lipinski definition) is 2. The number of aromatic nitrogens is 2. The molecule has 1 aliphatic rings. The van der Waals surface area contributed by atoms with Gasteiger partial charge in [-0.15, -0.1) is 0 Å². The zero-order chi connectivity index (χ0) is 22.4. The van der Waals surface area contributed by atoms with E-state index in [1.54, 1.807) is 30.3 Å². The van der Waals surface area contributed by atoms with Gasteiger partial charge in [0.05, 0.1) is 19.8 Å². The molecule has 168 valence electrons. The number of rotatable bonds is 9. The van der Waals surface area contributed by atoms with Gasteiger partial charge in [0.15, 0.2) is 0 Å². The standard InChI is InChI=1S/C19H24N3O8P/c1-13(18(24)27-2)21-31(26,30-14-6-4-3-5-7-14)28-12-15-8-9-17(29-15)22-11-10-16(23)20-19(22)25/h3-7,10-11,13,15,17H,8-9,12H2,1-2H3,(H,21,26)(H,20,23,25)/t13?,15-,17+,31?/m0/s1. The number of nitrogens with one attached hydrogen (secondary N) is 2. The fourth-order valence-corrected chi connectivity index (χ4v) is 4.55. The van der Waals surface area contributed by atoms with Gasteiger partial charge < -0.3 is 14.0 Å². The molecule has 0 amide bonds. The van der Waals surface area contributed by atoms with E-state index in [4.69, 9.17) is 13.8 Å². The van der Waals surface area contributed by atoms with Crippen LogP contribution in [0.3, 0.4) is 0 Å². The number of H-pyrrole nitrogens is 1. The van der Waals surface area contributed by atoms with Crippen LogP contribution in [0.5, 0.6) is 5.75 Å². The first kappa shape index (κ1) is 23.0. The van der Waals surface area contributed by atoms with Crippen molar-refractivity contribution >= 4 is 13.7 Å².